The van der Waals surface area contributed by atoms with Crippen LogP contribution in [0.2, 0.25) is 0 Å². The van der Waals surface area contributed by atoms with Crippen molar-refractivity contribution in [1.29, 1.82) is 0 Å². The number of ether oxygens (including phenoxy) is 3. The van der Waals surface area contributed by atoms with E-state index in [9.17, 15) is 9.59 Å². The molecule has 0 atom stereocenters. The first-order valence-electron chi connectivity index (χ1n) is 11.7. The number of likely N-dealkylation sites (tertiary alicyclic amines) is 1. The van der Waals surface area contributed by atoms with Gasteiger partial charge in [0.15, 0.2) is 11.5 Å². The van der Waals surface area contributed by atoms with E-state index in [-0.39, 0.29) is 18.3 Å². The number of aryl methyl sites for hydroxylation is 1. The molecule has 5 rings (SSSR count). The SMILES string of the molecule is COc1cccc2c(C)cc(=O)[nH]c12.O=C(C=CC=Cc1ccc2c(c1)OCO2)N1CCCCC1. The van der Waals surface area contributed by atoms with E-state index in [2.05, 4.69) is 4.98 Å². The zero-order valence-electron chi connectivity index (χ0n) is 20.1. The van der Waals surface area contributed by atoms with Crippen molar-refractivity contribution in [3.63, 3.8) is 0 Å². The summed E-state index contributed by atoms with van der Waals surface area (Å²) in [6, 6.07) is 13.1. The van der Waals surface area contributed by atoms with Crippen LogP contribution in [-0.2, 0) is 4.79 Å². The first kappa shape index (κ1) is 24.1. The Morgan fingerprint density at radius 2 is 1.83 bits per heavy atom. The highest BCUT2D eigenvalue weighted by molar-refractivity contribution is 5.88. The number of fused-ring (bicyclic) bond motifs is 2. The van der Waals surface area contributed by atoms with Gasteiger partial charge in [-0.25, -0.2) is 0 Å². The first-order valence-corrected chi connectivity index (χ1v) is 11.7. The lowest BCUT2D eigenvalue weighted by Gasteiger charge is -2.25. The number of H-pyrrole nitrogens is 1. The maximum absolute atomic E-state index is 11.9. The zero-order chi connectivity index (χ0) is 24.6. The van der Waals surface area contributed by atoms with Gasteiger partial charge in [0.05, 0.1) is 12.6 Å². The second-order valence-electron chi connectivity index (χ2n) is 8.42. The molecule has 3 aromatic rings. The monoisotopic (exact) mass is 474 g/mol. The normalized spacial score (nSPS) is 14.9. The van der Waals surface area contributed by atoms with Gasteiger partial charge in [0, 0.05) is 30.6 Å². The number of carbonyl (C=O) groups excluding carboxylic acids is 1. The van der Waals surface area contributed by atoms with Gasteiger partial charge >= 0.3 is 0 Å². The van der Waals surface area contributed by atoms with Crippen LogP contribution in [0.4, 0.5) is 0 Å². The van der Waals surface area contributed by atoms with Gasteiger partial charge in [-0.1, -0.05) is 36.4 Å². The number of nitrogens with zero attached hydrogens (tertiary/aromatic N) is 1. The Morgan fingerprint density at radius 3 is 2.63 bits per heavy atom. The molecule has 2 aromatic carbocycles. The molecule has 1 aromatic heterocycles. The van der Waals surface area contributed by atoms with Crippen molar-refractivity contribution in [3.8, 4) is 17.2 Å². The summed E-state index contributed by atoms with van der Waals surface area (Å²) in [7, 11) is 1.59. The van der Waals surface area contributed by atoms with Crippen LogP contribution >= 0.6 is 0 Å². The fraction of sp³-hybridized carbons (Fsp3) is 0.286. The van der Waals surface area contributed by atoms with Crippen LogP contribution in [0.15, 0.2) is 65.5 Å². The number of aromatic nitrogens is 1. The molecule has 1 N–H and O–H groups in total. The topological polar surface area (TPSA) is 80.9 Å². The van der Waals surface area contributed by atoms with Crippen molar-refractivity contribution in [3.05, 3.63) is 82.2 Å². The Balaban J connectivity index is 0.000000179. The van der Waals surface area contributed by atoms with Crippen LogP contribution in [0.3, 0.4) is 0 Å². The van der Waals surface area contributed by atoms with Crippen molar-refractivity contribution in [2.45, 2.75) is 26.2 Å². The van der Waals surface area contributed by atoms with Gasteiger partial charge in [-0.15, -0.1) is 0 Å². The number of para-hydroxylation sites is 1. The summed E-state index contributed by atoms with van der Waals surface area (Å²) in [4.78, 5) is 27.9. The fourth-order valence-corrected chi connectivity index (χ4v) is 4.13. The maximum Gasteiger partial charge on any atom is 0.248 e. The summed E-state index contributed by atoms with van der Waals surface area (Å²) in [6.45, 7) is 3.97. The number of benzene rings is 2. The number of methoxy groups -OCH3 is 1. The van der Waals surface area contributed by atoms with Crippen LogP contribution in [0.1, 0.15) is 30.4 Å². The van der Waals surface area contributed by atoms with Gasteiger partial charge in [0.2, 0.25) is 18.3 Å². The van der Waals surface area contributed by atoms with Crippen molar-refractivity contribution < 1.29 is 19.0 Å². The second-order valence-corrected chi connectivity index (χ2v) is 8.42. The number of amides is 1. The fourth-order valence-electron chi connectivity index (χ4n) is 4.13. The van der Waals surface area contributed by atoms with Crippen molar-refractivity contribution in [2.24, 2.45) is 0 Å². The summed E-state index contributed by atoms with van der Waals surface area (Å²) >= 11 is 0. The van der Waals surface area contributed by atoms with Crippen molar-refractivity contribution in [2.75, 3.05) is 27.0 Å². The van der Waals surface area contributed by atoms with E-state index in [1.807, 2.05) is 60.4 Å². The predicted molar refractivity (Wildman–Crippen MR) is 137 cm³/mol. The Labute approximate surface area is 204 Å². The third kappa shape index (κ3) is 6.12. The lowest BCUT2D eigenvalue weighted by molar-refractivity contribution is -0.126. The molecule has 2 aliphatic rings. The first-order chi connectivity index (χ1) is 17.0. The van der Waals surface area contributed by atoms with Crippen molar-refractivity contribution >= 4 is 22.9 Å². The highest BCUT2D eigenvalue weighted by Crippen LogP contribution is 2.32. The minimum Gasteiger partial charge on any atom is -0.495 e. The number of pyridine rings is 1. The molecule has 0 bridgehead atoms. The molecule has 2 aliphatic heterocycles. The van der Waals surface area contributed by atoms with Gasteiger partial charge in [-0.2, -0.15) is 0 Å². The lowest BCUT2D eigenvalue weighted by Crippen LogP contribution is -2.34. The zero-order valence-corrected chi connectivity index (χ0v) is 20.1. The van der Waals surface area contributed by atoms with Gasteiger partial charge in [-0.05, 0) is 55.5 Å². The Kier molecular flexibility index (Phi) is 7.88. The molecule has 7 nitrogen and oxygen atoms in total. The summed E-state index contributed by atoms with van der Waals surface area (Å²) in [5.74, 6) is 2.35. The van der Waals surface area contributed by atoms with Crippen LogP contribution in [0, 0.1) is 6.92 Å². The molecule has 1 fully saturated rings. The molecule has 1 amide bonds. The standard InChI is InChI=1S/C17H19NO3.C11H11NO2/c19-17(18-10-4-1-5-11-18)7-3-2-6-14-8-9-15-16(12-14)21-13-20-15;1-7-6-10(13)12-11-8(7)4-3-5-9(11)14-2/h2-3,6-9,12H,1,4-5,10-11,13H2;3-6H,1-2H3,(H,12,13). The molecule has 1 saturated heterocycles. The van der Waals surface area contributed by atoms with Crippen LogP contribution in [-0.4, -0.2) is 42.8 Å². The Bertz CT molecular complexity index is 1300. The number of rotatable bonds is 4. The van der Waals surface area contributed by atoms with E-state index in [0.29, 0.717) is 5.75 Å². The maximum atomic E-state index is 11.9. The predicted octanol–water partition coefficient (Wildman–Crippen LogP) is 4.84. The third-order valence-corrected chi connectivity index (χ3v) is 5.97. The number of nitrogens with one attached hydrogen (secondary N) is 1. The smallest absolute Gasteiger partial charge is 0.248 e. The molecule has 3 heterocycles. The summed E-state index contributed by atoms with van der Waals surface area (Å²) < 4.78 is 15.8. The average Bonchev–Trinajstić information content (AvgIpc) is 3.35. The van der Waals surface area contributed by atoms with E-state index in [1.165, 1.54) is 6.42 Å². The van der Waals surface area contributed by atoms with Crippen LogP contribution in [0.25, 0.3) is 17.0 Å². The molecule has 0 unspecified atom stereocenters. The summed E-state index contributed by atoms with van der Waals surface area (Å²) in [6.07, 6.45) is 10.7. The number of hydrogen-bond donors (Lipinski definition) is 1. The largest absolute Gasteiger partial charge is 0.495 e. The van der Waals surface area contributed by atoms with Gasteiger partial charge in [0.1, 0.15) is 5.75 Å². The van der Waals surface area contributed by atoms with Crippen LogP contribution < -0.4 is 19.8 Å². The molecular weight excluding hydrogens is 444 g/mol. The quantitative estimate of drug-likeness (QED) is 0.432. The molecule has 0 radical (unpaired) electrons. The number of allylic oxidation sites excluding steroid dienone is 2. The van der Waals surface area contributed by atoms with Gasteiger partial charge in [-0.3, -0.25) is 9.59 Å². The van der Waals surface area contributed by atoms with E-state index >= 15 is 0 Å². The minimum atomic E-state index is -0.0977. The highest BCUT2D eigenvalue weighted by atomic mass is 16.7. The summed E-state index contributed by atoms with van der Waals surface area (Å²) in [5.41, 5.74) is 2.65. The average molecular weight is 475 g/mol. The molecule has 7 heteroatoms. The number of piperidine rings is 1. The highest BCUT2D eigenvalue weighted by Gasteiger charge is 2.13. The van der Waals surface area contributed by atoms with E-state index < -0.39 is 0 Å². The van der Waals surface area contributed by atoms with Gasteiger partial charge < -0.3 is 24.1 Å². The van der Waals surface area contributed by atoms with Crippen LogP contribution in [0.5, 0.6) is 17.2 Å². The molecule has 0 spiro atoms. The summed E-state index contributed by atoms with van der Waals surface area (Å²) in [5, 5.41) is 1.02. The molecule has 0 aliphatic carbocycles. The molecule has 182 valence electrons. The lowest BCUT2D eigenvalue weighted by atomic mass is 10.1. The third-order valence-electron chi connectivity index (χ3n) is 5.97. The minimum absolute atomic E-state index is 0.0977. The molecule has 0 saturated carbocycles. The number of hydrogen-bond acceptors (Lipinski definition) is 5. The van der Waals surface area contributed by atoms with Gasteiger partial charge in [0.25, 0.3) is 0 Å². The molecular formula is C28H30N2O5. The molecule has 35 heavy (non-hydrogen) atoms. The Morgan fingerprint density at radius 1 is 1.03 bits per heavy atom. The van der Waals surface area contributed by atoms with E-state index in [4.69, 9.17) is 14.2 Å². The number of aromatic amines is 1. The van der Waals surface area contributed by atoms with E-state index in [0.717, 1.165) is 59.5 Å². The van der Waals surface area contributed by atoms with E-state index in [1.54, 1.807) is 25.3 Å². The Hall–Kier alpha value is -4.00. The number of carbonyl (C=O) groups is 1. The van der Waals surface area contributed by atoms with Crippen molar-refractivity contribution in [1.82, 2.24) is 9.88 Å². The second kappa shape index (κ2) is 11.4.